The van der Waals surface area contributed by atoms with E-state index < -0.39 is 5.54 Å². The normalized spacial score (nSPS) is 12.3. The Labute approximate surface area is 119 Å². The van der Waals surface area contributed by atoms with Gasteiger partial charge in [0.1, 0.15) is 5.54 Å². The van der Waals surface area contributed by atoms with Crippen molar-refractivity contribution < 1.29 is 10.0 Å². The Morgan fingerprint density at radius 2 is 1.95 bits per heavy atom. The second-order valence-corrected chi connectivity index (χ2v) is 4.98. The predicted molar refractivity (Wildman–Crippen MR) is 80.1 cm³/mol. The van der Waals surface area contributed by atoms with E-state index in [-0.39, 0.29) is 11.7 Å². The number of hydrogen-bond donors (Lipinski definition) is 3. The van der Waals surface area contributed by atoms with Crippen LogP contribution in [-0.2, 0) is 0 Å². The minimum absolute atomic E-state index is 0.0288. The summed E-state index contributed by atoms with van der Waals surface area (Å²) in [5.41, 5.74) is 7.54. The zero-order chi connectivity index (χ0) is 15.3. The van der Waals surface area contributed by atoms with Gasteiger partial charge in [-0.15, -0.1) is 0 Å². The number of hydrogen-bond acceptors (Lipinski definition) is 3. The molecule has 0 spiro atoms. The first kappa shape index (κ1) is 16.0. The van der Waals surface area contributed by atoms with Crippen molar-refractivity contribution in [3.05, 3.63) is 34.9 Å². The summed E-state index contributed by atoms with van der Waals surface area (Å²) in [5.74, 6) is -0.178. The lowest BCUT2D eigenvalue weighted by Gasteiger charge is -2.31. The first-order valence-corrected chi connectivity index (χ1v) is 6.78. The summed E-state index contributed by atoms with van der Waals surface area (Å²) >= 11 is 0. The van der Waals surface area contributed by atoms with Crippen molar-refractivity contribution >= 4 is 11.7 Å². The molecule has 0 radical (unpaired) electrons. The fourth-order valence-corrected chi connectivity index (χ4v) is 2.23. The molecular formula is C15H23N3O2. The number of rotatable bonds is 5. The summed E-state index contributed by atoms with van der Waals surface area (Å²) in [4.78, 5) is 12.5. The van der Waals surface area contributed by atoms with Gasteiger partial charge in [-0.25, -0.2) is 0 Å². The standard InChI is InChI=1S/C15H23N3O2/c1-5-15(6-2,14(16)18-20)17-13(19)12-9-7-8-10(3)11(12)4/h7-9,20H,5-6H2,1-4H3,(H2,16,18)(H,17,19). The Balaban J connectivity index is 3.12. The van der Waals surface area contributed by atoms with Crippen molar-refractivity contribution in [2.24, 2.45) is 10.9 Å². The number of carbonyl (C=O) groups excluding carboxylic acids is 1. The maximum atomic E-state index is 12.5. The molecule has 1 rings (SSSR count). The summed E-state index contributed by atoms with van der Waals surface area (Å²) in [7, 11) is 0. The van der Waals surface area contributed by atoms with Crippen LogP contribution in [0.15, 0.2) is 23.4 Å². The van der Waals surface area contributed by atoms with Gasteiger partial charge in [0.05, 0.1) is 0 Å². The van der Waals surface area contributed by atoms with Gasteiger partial charge in [0, 0.05) is 5.56 Å². The summed E-state index contributed by atoms with van der Waals surface area (Å²) < 4.78 is 0. The topological polar surface area (TPSA) is 87.7 Å². The SMILES string of the molecule is CCC(CC)(NC(=O)c1cccc(C)c1C)/C(N)=N/O. The van der Waals surface area contributed by atoms with Gasteiger partial charge in [-0.3, -0.25) is 4.79 Å². The highest BCUT2D eigenvalue weighted by Gasteiger charge is 2.33. The molecule has 0 unspecified atom stereocenters. The number of nitrogens with one attached hydrogen (secondary N) is 1. The van der Waals surface area contributed by atoms with E-state index in [1.807, 2.05) is 39.8 Å². The van der Waals surface area contributed by atoms with Crippen LogP contribution >= 0.6 is 0 Å². The summed E-state index contributed by atoms with van der Waals surface area (Å²) in [6.07, 6.45) is 1.10. The number of amides is 1. The second kappa shape index (κ2) is 6.41. The van der Waals surface area contributed by atoms with Gasteiger partial charge in [0.15, 0.2) is 5.84 Å². The Kier molecular flexibility index (Phi) is 5.13. The lowest BCUT2D eigenvalue weighted by atomic mass is 9.90. The van der Waals surface area contributed by atoms with E-state index in [0.717, 1.165) is 11.1 Å². The predicted octanol–water partition coefficient (Wildman–Crippen LogP) is 2.34. The summed E-state index contributed by atoms with van der Waals surface area (Å²) in [6, 6.07) is 5.59. The maximum absolute atomic E-state index is 12.5. The van der Waals surface area contributed by atoms with Crippen LogP contribution < -0.4 is 11.1 Å². The van der Waals surface area contributed by atoms with E-state index in [4.69, 9.17) is 10.9 Å². The van der Waals surface area contributed by atoms with Crippen molar-refractivity contribution in [3.8, 4) is 0 Å². The molecule has 0 fully saturated rings. The molecule has 110 valence electrons. The van der Waals surface area contributed by atoms with Crippen molar-refractivity contribution in [1.29, 1.82) is 0 Å². The molecule has 0 atom stereocenters. The molecule has 1 aromatic rings. The highest BCUT2D eigenvalue weighted by atomic mass is 16.4. The first-order valence-electron chi connectivity index (χ1n) is 6.78. The van der Waals surface area contributed by atoms with Crippen LogP contribution in [0, 0.1) is 13.8 Å². The highest BCUT2D eigenvalue weighted by Crippen LogP contribution is 2.19. The monoisotopic (exact) mass is 277 g/mol. The molecule has 0 aliphatic rings. The smallest absolute Gasteiger partial charge is 0.252 e. The van der Waals surface area contributed by atoms with Crippen LogP contribution in [0.5, 0.6) is 0 Å². The lowest BCUT2D eigenvalue weighted by Crippen LogP contribution is -2.57. The first-order chi connectivity index (χ1) is 9.41. The van der Waals surface area contributed by atoms with Crippen LogP contribution in [0.2, 0.25) is 0 Å². The largest absolute Gasteiger partial charge is 0.409 e. The van der Waals surface area contributed by atoms with Gasteiger partial charge in [0.2, 0.25) is 0 Å². The Morgan fingerprint density at radius 1 is 1.35 bits per heavy atom. The minimum Gasteiger partial charge on any atom is -0.409 e. The van der Waals surface area contributed by atoms with E-state index in [0.29, 0.717) is 18.4 Å². The molecule has 4 N–H and O–H groups in total. The fourth-order valence-electron chi connectivity index (χ4n) is 2.23. The van der Waals surface area contributed by atoms with Gasteiger partial charge in [-0.05, 0) is 43.9 Å². The molecule has 5 nitrogen and oxygen atoms in total. The van der Waals surface area contributed by atoms with Gasteiger partial charge in [-0.2, -0.15) is 0 Å². The quantitative estimate of drug-likeness (QED) is 0.334. The van der Waals surface area contributed by atoms with Gasteiger partial charge < -0.3 is 16.3 Å². The third kappa shape index (κ3) is 2.92. The summed E-state index contributed by atoms with van der Waals surface area (Å²) in [6.45, 7) is 7.66. The second-order valence-electron chi connectivity index (χ2n) is 4.98. The highest BCUT2D eigenvalue weighted by molar-refractivity contribution is 6.01. The molecule has 0 saturated heterocycles. The van der Waals surface area contributed by atoms with E-state index in [2.05, 4.69) is 10.5 Å². The molecule has 0 bridgehead atoms. The number of nitrogens with two attached hydrogens (primary N) is 1. The molecule has 0 aliphatic carbocycles. The molecule has 0 saturated carbocycles. The number of amidine groups is 1. The number of benzene rings is 1. The Hall–Kier alpha value is -2.04. The van der Waals surface area contributed by atoms with E-state index >= 15 is 0 Å². The molecule has 0 aromatic heterocycles. The molecule has 0 heterocycles. The van der Waals surface area contributed by atoms with Gasteiger partial charge in [0.25, 0.3) is 5.91 Å². The van der Waals surface area contributed by atoms with Crippen molar-refractivity contribution in [1.82, 2.24) is 5.32 Å². The average Bonchev–Trinajstić information content (AvgIpc) is 2.46. The molecule has 1 aromatic carbocycles. The summed E-state index contributed by atoms with van der Waals surface area (Å²) in [5, 5.41) is 14.9. The average molecular weight is 277 g/mol. The molecule has 0 aliphatic heterocycles. The maximum Gasteiger partial charge on any atom is 0.252 e. The lowest BCUT2D eigenvalue weighted by molar-refractivity contribution is 0.0917. The zero-order valence-corrected chi connectivity index (χ0v) is 12.5. The van der Waals surface area contributed by atoms with E-state index in [1.165, 1.54) is 0 Å². The number of aryl methyl sites for hydroxylation is 1. The van der Waals surface area contributed by atoms with Crippen LogP contribution in [0.4, 0.5) is 0 Å². The van der Waals surface area contributed by atoms with Crippen LogP contribution in [0.1, 0.15) is 48.2 Å². The fraction of sp³-hybridized carbons (Fsp3) is 0.467. The molecular weight excluding hydrogens is 254 g/mol. The van der Waals surface area contributed by atoms with Gasteiger partial charge in [-0.1, -0.05) is 31.1 Å². The Morgan fingerprint density at radius 3 is 2.45 bits per heavy atom. The van der Waals surface area contributed by atoms with Crippen LogP contribution in [-0.4, -0.2) is 22.5 Å². The number of carbonyl (C=O) groups is 1. The van der Waals surface area contributed by atoms with E-state index in [9.17, 15) is 4.79 Å². The van der Waals surface area contributed by atoms with Crippen molar-refractivity contribution in [2.45, 2.75) is 46.1 Å². The van der Waals surface area contributed by atoms with Crippen molar-refractivity contribution in [3.63, 3.8) is 0 Å². The zero-order valence-electron chi connectivity index (χ0n) is 12.5. The van der Waals surface area contributed by atoms with Crippen molar-refractivity contribution in [2.75, 3.05) is 0 Å². The number of nitrogens with zero attached hydrogens (tertiary/aromatic N) is 1. The third-order valence-electron chi connectivity index (χ3n) is 4.01. The van der Waals surface area contributed by atoms with E-state index in [1.54, 1.807) is 6.07 Å². The van der Waals surface area contributed by atoms with Crippen LogP contribution in [0.3, 0.4) is 0 Å². The third-order valence-corrected chi connectivity index (χ3v) is 4.01. The molecule has 5 heteroatoms. The van der Waals surface area contributed by atoms with Gasteiger partial charge >= 0.3 is 0 Å². The number of oxime groups is 1. The Bertz CT molecular complexity index is 520. The minimum atomic E-state index is -0.817. The molecule has 20 heavy (non-hydrogen) atoms. The molecule has 1 amide bonds. The van der Waals surface area contributed by atoms with Crippen LogP contribution in [0.25, 0.3) is 0 Å².